The Morgan fingerprint density at radius 1 is 1.26 bits per heavy atom. The Balaban J connectivity index is 2.54. The Morgan fingerprint density at radius 3 is 2.53 bits per heavy atom. The molecule has 0 saturated heterocycles. The van der Waals surface area contributed by atoms with Crippen molar-refractivity contribution in [1.82, 2.24) is 10.2 Å². The van der Waals surface area contributed by atoms with Crippen molar-refractivity contribution >= 4 is 34.9 Å². The molecule has 0 aromatic heterocycles. The second-order valence-electron chi connectivity index (χ2n) is 4.21. The van der Waals surface area contributed by atoms with E-state index in [2.05, 4.69) is 5.32 Å². The molecule has 0 atom stereocenters. The Labute approximate surface area is 122 Å². The highest BCUT2D eigenvalue weighted by Crippen LogP contribution is 2.22. The smallest absolute Gasteiger partial charge is 0.221 e. The molecule has 4 nitrogen and oxygen atoms in total. The summed E-state index contributed by atoms with van der Waals surface area (Å²) >= 11 is 11.7. The molecular weight excluding hydrogens is 287 g/mol. The minimum absolute atomic E-state index is 0.0474. The van der Waals surface area contributed by atoms with E-state index in [1.807, 2.05) is 0 Å². The second kappa shape index (κ2) is 7.48. The van der Waals surface area contributed by atoms with Gasteiger partial charge in [0.15, 0.2) is 5.78 Å². The van der Waals surface area contributed by atoms with Gasteiger partial charge in [0.2, 0.25) is 5.91 Å². The number of ketones is 1. The molecule has 0 saturated carbocycles. The fourth-order valence-electron chi connectivity index (χ4n) is 1.50. The van der Waals surface area contributed by atoms with Crippen LogP contribution < -0.4 is 5.32 Å². The second-order valence-corrected chi connectivity index (χ2v) is 5.03. The molecular formula is C13H16Cl2N2O2. The van der Waals surface area contributed by atoms with Crippen molar-refractivity contribution < 1.29 is 9.59 Å². The summed E-state index contributed by atoms with van der Waals surface area (Å²) in [7, 11) is 3.38. The average Bonchev–Trinajstić information content (AvgIpc) is 2.38. The fourth-order valence-corrected chi connectivity index (χ4v) is 1.80. The highest BCUT2D eigenvalue weighted by atomic mass is 35.5. The summed E-state index contributed by atoms with van der Waals surface area (Å²) < 4.78 is 0. The van der Waals surface area contributed by atoms with Gasteiger partial charge in [0.25, 0.3) is 0 Å². The molecule has 6 heteroatoms. The van der Waals surface area contributed by atoms with E-state index < -0.39 is 0 Å². The predicted molar refractivity (Wildman–Crippen MR) is 77.0 cm³/mol. The lowest BCUT2D eigenvalue weighted by atomic mass is 10.1. The van der Waals surface area contributed by atoms with E-state index in [-0.39, 0.29) is 18.2 Å². The number of carbonyl (C=O) groups is 2. The number of carbonyl (C=O) groups excluding carboxylic acids is 2. The number of Topliss-reactive ketones (excluding diaryl/α,β-unsaturated/α-hetero) is 1. The first-order chi connectivity index (χ1) is 8.93. The van der Waals surface area contributed by atoms with Crippen LogP contribution in [0.5, 0.6) is 0 Å². The normalized spacial score (nSPS) is 10.6. The minimum atomic E-state index is -0.0574. The number of benzene rings is 1. The van der Waals surface area contributed by atoms with Gasteiger partial charge in [-0.2, -0.15) is 0 Å². The van der Waals surface area contributed by atoms with Crippen molar-refractivity contribution in [1.29, 1.82) is 0 Å². The van der Waals surface area contributed by atoms with E-state index in [9.17, 15) is 9.59 Å². The van der Waals surface area contributed by atoms with E-state index in [1.54, 1.807) is 37.2 Å². The van der Waals surface area contributed by atoms with Crippen LogP contribution in [0.25, 0.3) is 0 Å². The zero-order chi connectivity index (χ0) is 14.4. The Kier molecular flexibility index (Phi) is 6.28. The zero-order valence-corrected chi connectivity index (χ0v) is 12.4. The molecule has 0 bridgehead atoms. The summed E-state index contributed by atoms with van der Waals surface area (Å²) in [5.41, 5.74) is 0.515. The highest BCUT2D eigenvalue weighted by Gasteiger charge is 2.11. The zero-order valence-electron chi connectivity index (χ0n) is 10.9. The summed E-state index contributed by atoms with van der Waals surface area (Å²) in [6.45, 7) is 0.752. The first kappa shape index (κ1) is 16.0. The number of amides is 1. The predicted octanol–water partition coefficient (Wildman–Crippen LogP) is 2.24. The molecule has 19 heavy (non-hydrogen) atoms. The number of likely N-dealkylation sites (N-methyl/N-ethyl adjacent to an activating group) is 1. The lowest BCUT2D eigenvalue weighted by Gasteiger charge is -2.15. The summed E-state index contributed by atoms with van der Waals surface area (Å²) in [6.07, 6.45) is 0.363. The lowest BCUT2D eigenvalue weighted by molar-refractivity contribution is -0.120. The number of halogens is 2. The van der Waals surface area contributed by atoms with Crippen LogP contribution in [0.15, 0.2) is 18.2 Å². The Bertz CT molecular complexity index is 478. The van der Waals surface area contributed by atoms with Crippen LogP contribution in [0.2, 0.25) is 10.0 Å². The van der Waals surface area contributed by atoms with E-state index in [1.165, 1.54) is 0 Å². The maximum absolute atomic E-state index is 12.0. The lowest BCUT2D eigenvalue weighted by Crippen LogP contribution is -2.30. The maximum atomic E-state index is 12.0. The molecule has 0 unspecified atom stereocenters. The van der Waals surface area contributed by atoms with Crippen molar-refractivity contribution in [2.45, 2.75) is 6.42 Å². The monoisotopic (exact) mass is 302 g/mol. The van der Waals surface area contributed by atoms with Gasteiger partial charge in [-0.25, -0.2) is 0 Å². The molecule has 1 aromatic carbocycles. The van der Waals surface area contributed by atoms with Gasteiger partial charge in [0, 0.05) is 25.6 Å². The van der Waals surface area contributed by atoms with Gasteiger partial charge in [0.1, 0.15) is 0 Å². The van der Waals surface area contributed by atoms with Crippen molar-refractivity contribution in [3.05, 3.63) is 33.8 Å². The summed E-state index contributed by atoms with van der Waals surface area (Å²) in [6, 6.07) is 4.80. The number of rotatable bonds is 6. The van der Waals surface area contributed by atoms with Crippen molar-refractivity contribution in [2.75, 3.05) is 27.2 Å². The van der Waals surface area contributed by atoms with Crippen molar-refractivity contribution in [2.24, 2.45) is 0 Å². The highest BCUT2D eigenvalue weighted by molar-refractivity contribution is 6.42. The van der Waals surface area contributed by atoms with Crippen molar-refractivity contribution in [3.8, 4) is 0 Å². The van der Waals surface area contributed by atoms with Gasteiger partial charge in [-0.05, 0) is 25.2 Å². The van der Waals surface area contributed by atoms with Crippen LogP contribution in [0, 0.1) is 0 Å². The molecule has 0 spiro atoms. The van der Waals surface area contributed by atoms with E-state index in [0.717, 1.165) is 0 Å². The van der Waals surface area contributed by atoms with Crippen molar-refractivity contribution in [3.63, 3.8) is 0 Å². The third-order valence-corrected chi connectivity index (χ3v) is 3.39. The minimum Gasteiger partial charge on any atom is -0.359 e. The molecule has 0 radical (unpaired) electrons. The van der Waals surface area contributed by atoms with Gasteiger partial charge >= 0.3 is 0 Å². The van der Waals surface area contributed by atoms with Gasteiger partial charge < -0.3 is 5.32 Å². The topological polar surface area (TPSA) is 49.4 Å². The molecule has 0 aliphatic carbocycles. The largest absolute Gasteiger partial charge is 0.359 e. The third kappa shape index (κ3) is 5.19. The fraction of sp³-hybridized carbons (Fsp3) is 0.385. The Morgan fingerprint density at radius 2 is 1.95 bits per heavy atom. The average molecular weight is 303 g/mol. The van der Waals surface area contributed by atoms with Crippen LogP contribution >= 0.6 is 23.2 Å². The van der Waals surface area contributed by atoms with Crippen LogP contribution in [0.1, 0.15) is 16.8 Å². The number of hydrogen-bond acceptors (Lipinski definition) is 3. The molecule has 0 aliphatic heterocycles. The number of nitrogens with zero attached hydrogens (tertiary/aromatic N) is 1. The van der Waals surface area contributed by atoms with Crippen LogP contribution in [-0.4, -0.2) is 43.8 Å². The van der Waals surface area contributed by atoms with Gasteiger partial charge in [-0.1, -0.05) is 23.2 Å². The van der Waals surface area contributed by atoms with Crippen LogP contribution in [0.4, 0.5) is 0 Å². The van der Waals surface area contributed by atoms with E-state index in [4.69, 9.17) is 23.2 Å². The van der Waals surface area contributed by atoms with Crippen LogP contribution in [-0.2, 0) is 4.79 Å². The quantitative estimate of drug-likeness (QED) is 0.820. The molecule has 104 valence electrons. The Hall–Kier alpha value is -1.10. The number of hydrogen-bond donors (Lipinski definition) is 1. The third-order valence-electron chi connectivity index (χ3n) is 2.65. The SMILES string of the molecule is CNC(=O)CCN(C)CC(=O)c1ccc(Cl)c(Cl)c1. The molecule has 0 heterocycles. The van der Waals surface area contributed by atoms with Gasteiger partial charge in [-0.3, -0.25) is 14.5 Å². The standard InChI is InChI=1S/C13H16Cl2N2O2/c1-16-13(19)5-6-17(2)8-12(18)9-3-4-10(14)11(15)7-9/h3-4,7H,5-6,8H2,1-2H3,(H,16,19). The van der Waals surface area contributed by atoms with Gasteiger partial charge in [0.05, 0.1) is 16.6 Å². The first-order valence-electron chi connectivity index (χ1n) is 5.81. The van der Waals surface area contributed by atoms with E-state index in [0.29, 0.717) is 28.6 Å². The molecule has 1 N–H and O–H groups in total. The van der Waals surface area contributed by atoms with Gasteiger partial charge in [-0.15, -0.1) is 0 Å². The molecule has 0 aliphatic rings. The maximum Gasteiger partial charge on any atom is 0.221 e. The molecule has 1 amide bonds. The summed E-state index contributed by atoms with van der Waals surface area (Å²) in [5.74, 6) is -0.105. The number of nitrogens with one attached hydrogen (secondary N) is 1. The molecule has 1 rings (SSSR count). The summed E-state index contributed by atoms with van der Waals surface area (Å²) in [4.78, 5) is 24.9. The molecule has 1 aromatic rings. The summed E-state index contributed by atoms with van der Waals surface area (Å²) in [5, 5.41) is 3.32. The molecule has 0 fully saturated rings. The van der Waals surface area contributed by atoms with Crippen LogP contribution in [0.3, 0.4) is 0 Å². The first-order valence-corrected chi connectivity index (χ1v) is 6.57. The van der Waals surface area contributed by atoms with E-state index >= 15 is 0 Å².